The summed E-state index contributed by atoms with van der Waals surface area (Å²) in [7, 11) is 0. The van der Waals surface area contributed by atoms with E-state index in [2.05, 4.69) is 273 Å². The monoisotopic (exact) mass is 1110 g/mol. The summed E-state index contributed by atoms with van der Waals surface area (Å²) >= 11 is 0. The topological polar surface area (TPSA) is 75.5 Å². The predicted octanol–water partition coefficient (Wildman–Crippen LogP) is 9.24. The first kappa shape index (κ1) is 59.5. The fraction of sp³-hybridized carbons (Fsp3) is 0.111. The molecule has 1 N–H and O–H groups in total. The quantitative estimate of drug-likeness (QED) is 0.0335. The van der Waals surface area contributed by atoms with E-state index in [1.807, 2.05) is 73.9 Å². The molecule has 0 amide bonds. The van der Waals surface area contributed by atoms with E-state index in [1.165, 1.54) is 43.7 Å². The number of hydrogen-bond donors (Lipinski definition) is 1. The van der Waals surface area contributed by atoms with Crippen LogP contribution in [0.1, 0.15) is 30.2 Å². The Morgan fingerprint density at radius 3 is 1.07 bits per heavy atom. The molecular weight excluding hydrogens is 1040 g/mol. The van der Waals surface area contributed by atoms with E-state index >= 15 is 0 Å². The molecule has 0 bridgehead atoms. The zero-order chi connectivity index (χ0) is 55.5. The molecule has 0 aliphatic carbocycles. The van der Waals surface area contributed by atoms with Crippen LogP contribution in [0.4, 0.5) is 0 Å². The molecule has 11 aromatic rings. The number of aliphatic imine (C=N–C) groups is 1. The summed E-state index contributed by atoms with van der Waals surface area (Å²) in [6.07, 6.45) is 4.56. The summed E-state index contributed by atoms with van der Waals surface area (Å²) in [5.41, 5.74) is 13.5. The first-order valence-corrected chi connectivity index (χ1v) is 28.2. The Hall–Kier alpha value is -8.59. The molecule has 0 unspecified atom stereocenters. The van der Waals surface area contributed by atoms with Crippen molar-refractivity contribution < 1.29 is 21.8 Å². The van der Waals surface area contributed by atoms with E-state index in [1.54, 1.807) is 12.4 Å². The van der Waals surface area contributed by atoms with Crippen molar-refractivity contribution in [2.45, 2.75) is 19.7 Å². The van der Waals surface area contributed by atoms with Gasteiger partial charge in [-0.3, -0.25) is 24.8 Å². The van der Waals surface area contributed by atoms with Gasteiger partial charge in [-0.1, -0.05) is 261 Å². The minimum atomic E-state index is -1.22. The van der Waals surface area contributed by atoms with Crippen LogP contribution in [0.5, 0.6) is 0 Å². The van der Waals surface area contributed by atoms with Gasteiger partial charge in [-0.05, 0) is 43.3 Å². The van der Waals surface area contributed by atoms with Gasteiger partial charge in [-0.15, -0.1) is 0 Å². The number of aromatic nitrogens is 3. The summed E-state index contributed by atoms with van der Waals surface area (Å²) in [5, 5.41) is 3.47. The average molecular weight is 1110 g/mol. The Kier molecular flexibility index (Phi) is 23.2. The predicted molar refractivity (Wildman–Crippen MR) is 343 cm³/mol. The Labute approximate surface area is 496 Å². The number of rotatable bonds is 21. The van der Waals surface area contributed by atoms with Crippen molar-refractivity contribution in [3.05, 3.63) is 333 Å². The molecule has 0 saturated carbocycles. The Morgan fingerprint density at radius 2 is 0.756 bits per heavy atom. The Balaban J connectivity index is 0.000000161. The van der Waals surface area contributed by atoms with Gasteiger partial charge in [0, 0.05) is 57.6 Å². The van der Waals surface area contributed by atoms with Gasteiger partial charge >= 0.3 is 17.1 Å². The third-order valence-electron chi connectivity index (χ3n) is 15.0. The second-order valence-corrected chi connectivity index (χ2v) is 19.9. The normalized spacial score (nSPS) is 11.5. The van der Waals surface area contributed by atoms with E-state index in [4.69, 9.17) is 4.74 Å². The van der Waals surface area contributed by atoms with Gasteiger partial charge < -0.3 is 10.1 Å². The molecule has 1 atom stereocenters. The first-order chi connectivity index (χ1) is 40.2. The summed E-state index contributed by atoms with van der Waals surface area (Å²) in [4.78, 5) is 20.0. The molecule has 0 aliphatic heterocycles. The van der Waals surface area contributed by atoms with E-state index in [0.29, 0.717) is 13.2 Å². The molecule has 0 fully saturated rings. The van der Waals surface area contributed by atoms with Gasteiger partial charge in [0.05, 0.1) is 23.6 Å². The minimum absolute atomic E-state index is 0. The zero-order valence-electron chi connectivity index (χ0n) is 46.6. The van der Waals surface area contributed by atoms with Crippen molar-refractivity contribution >= 4 is 62.2 Å². The van der Waals surface area contributed by atoms with Gasteiger partial charge in [0.1, 0.15) is 12.3 Å². The summed E-state index contributed by atoms with van der Waals surface area (Å²) in [5.74, 6) is 0. The molecule has 0 saturated heterocycles. The van der Waals surface area contributed by atoms with Crippen LogP contribution in [0.3, 0.4) is 0 Å². The molecule has 10 heteroatoms. The molecule has 3 heterocycles. The van der Waals surface area contributed by atoms with Gasteiger partial charge in [-0.2, -0.15) is 43.7 Å². The van der Waals surface area contributed by atoms with Crippen molar-refractivity contribution in [1.29, 1.82) is 0 Å². The molecular formula is C72H70B2FeN6O+2. The minimum Gasteiger partial charge on any atom is -0.357 e. The number of nitrogens with zero attached hydrogens (tertiary/aromatic N) is 5. The van der Waals surface area contributed by atoms with Crippen LogP contribution in [0.15, 0.2) is 321 Å². The van der Waals surface area contributed by atoms with E-state index in [0.717, 1.165) is 43.3 Å². The molecule has 82 heavy (non-hydrogen) atoms. The molecule has 406 valence electrons. The van der Waals surface area contributed by atoms with Crippen molar-refractivity contribution in [3.8, 4) is 0 Å². The van der Waals surface area contributed by atoms with E-state index in [-0.39, 0.29) is 23.3 Å². The molecule has 0 spiro atoms. The number of nitrogens with one attached hydrogen (secondary N) is 1. The van der Waals surface area contributed by atoms with E-state index < -0.39 is 12.3 Å². The maximum absolute atomic E-state index is 6.08. The molecule has 0 aliphatic rings. The maximum Gasteiger partial charge on any atom is 4.00 e. The van der Waals surface area contributed by atoms with Crippen LogP contribution < -0.4 is 49.0 Å². The van der Waals surface area contributed by atoms with Gasteiger partial charge in [-0.25, -0.2) is 0 Å². The van der Waals surface area contributed by atoms with Gasteiger partial charge in [0.25, 0.3) is 0 Å². The maximum atomic E-state index is 6.08. The smallest absolute Gasteiger partial charge is 0.357 e. The second-order valence-electron chi connectivity index (χ2n) is 19.9. The number of pyridine rings is 3. The summed E-state index contributed by atoms with van der Waals surface area (Å²) in [6.45, 7) is 6.34. The largest absolute Gasteiger partial charge is 4.00 e. The van der Waals surface area contributed by atoms with Crippen LogP contribution in [0.25, 0.3) is 0 Å². The molecule has 3 aromatic heterocycles. The zero-order valence-corrected chi connectivity index (χ0v) is 47.7. The fourth-order valence-corrected chi connectivity index (χ4v) is 11.4. The van der Waals surface area contributed by atoms with Crippen LogP contribution in [0, 0.1) is 0 Å². The number of benzene rings is 8. The van der Waals surface area contributed by atoms with Crippen molar-refractivity contribution in [2.24, 2.45) is 4.99 Å². The summed E-state index contributed by atoms with van der Waals surface area (Å²) in [6, 6.07) is 105. The van der Waals surface area contributed by atoms with Crippen LogP contribution in [-0.4, -0.2) is 71.1 Å². The van der Waals surface area contributed by atoms with Crippen LogP contribution in [-0.2, 0) is 28.4 Å². The Bertz CT molecular complexity index is 2990. The molecule has 7 nitrogen and oxygen atoms in total. The molecule has 0 radical (unpaired) electrons. The van der Waals surface area contributed by atoms with Crippen LogP contribution >= 0.6 is 0 Å². The third kappa shape index (κ3) is 15.2. The Morgan fingerprint density at radius 1 is 0.415 bits per heavy atom. The summed E-state index contributed by atoms with van der Waals surface area (Å²) < 4.78 is 6.08. The fourth-order valence-electron chi connectivity index (χ4n) is 11.4. The van der Waals surface area contributed by atoms with Crippen molar-refractivity contribution in [1.82, 2.24) is 25.2 Å². The van der Waals surface area contributed by atoms with Crippen molar-refractivity contribution in [3.63, 3.8) is 0 Å². The third-order valence-corrected chi connectivity index (χ3v) is 15.0. The van der Waals surface area contributed by atoms with Gasteiger partial charge in [0.15, 0.2) is 6.23 Å². The number of hydrogen-bond acceptors (Lipinski definition) is 7. The SMILES string of the molecule is CCO[C@@H](c1ccccn1)N(CCN=Cc1ccccn1)CCNCc1ccccn1.[Fe+4].c1ccc([B-](c2ccccc2)(c2ccccc2)c2ccccc2)cc1.c1ccc([B-](c2ccccc2)(c2ccccc2)c2ccccc2)cc1. The van der Waals surface area contributed by atoms with Crippen LogP contribution in [0.2, 0.25) is 0 Å². The van der Waals surface area contributed by atoms with Gasteiger partial charge in [0.2, 0.25) is 0 Å². The second kappa shape index (κ2) is 32.0. The first-order valence-electron chi connectivity index (χ1n) is 28.2. The average Bonchev–Trinajstić information content (AvgIpc) is 3.62. The van der Waals surface area contributed by atoms with E-state index in [9.17, 15) is 0 Å². The molecule has 8 aromatic carbocycles. The standard InChI is InChI=1S/2C24H20B.C24H30N6O.Fe/c2*1-5-13-21(14-6-1)25(22-15-7-2-8-16-22,23-17-9-3-10-18-23)24-19-11-4-12-20-24;1-2-31-24(23-11-5-8-14-29-23)30(17-15-25-19-21-9-3-6-12-27-21)18-16-26-20-22-10-4-7-13-28-22;/h2*1-20H;3-14,19,24,26H,2,15-18,20H2,1H3;/q2*-1;;+4/t;;24-;/m..0./s1. The molecule has 11 rings (SSSR count). The van der Waals surface area contributed by atoms with Crippen molar-refractivity contribution in [2.75, 3.05) is 32.8 Å². The number of ether oxygens (including phenoxy) is 1.